The Morgan fingerprint density at radius 3 is 2.38 bits per heavy atom. The summed E-state index contributed by atoms with van der Waals surface area (Å²) < 4.78 is 1.91. The molecule has 0 saturated carbocycles. The minimum Gasteiger partial charge on any atom is -0.307 e. The summed E-state index contributed by atoms with van der Waals surface area (Å²) in [4.78, 5) is 0. The Morgan fingerprint density at radius 2 is 1.81 bits per heavy atom. The van der Waals surface area contributed by atoms with Gasteiger partial charge in [0.15, 0.2) is 5.82 Å². The molecule has 0 aliphatic carbocycles. The van der Waals surface area contributed by atoms with E-state index in [0.717, 1.165) is 37.3 Å². The summed E-state index contributed by atoms with van der Waals surface area (Å²) in [5, 5.41) is 15.8. The molecule has 1 unspecified atom stereocenters. The van der Waals surface area contributed by atoms with Crippen LogP contribution >= 0.6 is 0 Å². The molecule has 2 rings (SSSR count). The smallest absolute Gasteiger partial charge is 0.173 e. The predicted molar refractivity (Wildman–Crippen MR) is 84.6 cm³/mol. The minimum absolute atomic E-state index is 0.134. The van der Waals surface area contributed by atoms with Crippen LogP contribution in [0.2, 0.25) is 0 Å². The first-order valence-electron chi connectivity index (χ1n) is 7.85. The van der Waals surface area contributed by atoms with Crippen LogP contribution in [0.3, 0.4) is 0 Å². The number of aryl methyl sites for hydroxylation is 2. The lowest BCUT2D eigenvalue weighted by Gasteiger charge is -2.17. The Labute approximate surface area is 126 Å². The van der Waals surface area contributed by atoms with Crippen LogP contribution in [-0.4, -0.2) is 26.8 Å². The fraction of sp³-hybridized carbons (Fsp3) is 0.562. The van der Waals surface area contributed by atoms with Gasteiger partial charge in [-0.05, 0) is 54.3 Å². The first-order valence-corrected chi connectivity index (χ1v) is 7.85. The van der Waals surface area contributed by atoms with Crippen molar-refractivity contribution in [2.45, 2.75) is 53.0 Å². The monoisotopic (exact) mass is 287 g/mol. The summed E-state index contributed by atoms with van der Waals surface area (Å²) in [6.45, 7) is 9.56. The van der Waals surface area contributed by atoms with E-state index in [2.05, 4.69) is 66.7 Å². The van der Waals surface area contributed by atoms with Crippen molar-refractivity contribution in [1.82, 2.24) is 25.5 Å². The van der Waals surface area contributed by atoms with E-state index in [4.69, 9.17) is 0 Å². The number of aromatic nitrogens is 4. The summed E-state index contributed by atoms with van der Waals surface area (Å²) >= 11 is 0. The largest absolute Gasteiger partial charge is 0.307 e. The molecule has 0 saturated heterocycles. The number of benzene rings is 1. The second kappa shape index (κ2) is 7.31. The number of hydrogen-bond acceptors (Lipinski definition) is 4. The Bertz CT molecular complexity index is 554. The van der Waals surface area contributed by atoms with Crippen molar-refractivity contribution in [3.63, 3.8) is 0 Å². The standard InChI is InChI=1S/C16H25N5/c1-5-11-17-12(4)16-18-19-20-21(16)15-13(6-2)9-8-10-14(15)7-3/h8-10,12,17H,5-7,11H2,1-4H3. The molecular formula is C16H25N5. The van der Waals surface area contributed by atoms with Gasteiger partial charge in [0.1, 0.15) is 0 Å². The highest BCUT2D eigenvalue weighted by Crippen LogP contribution is 2.23. The van der Waals surface area contributed by atoms with Crippen molar-refractivity contribution in [1.29, 1.82) is 0 Å². The molecule has 1 aromatic carbocycles. The highest BCUT2D eigenvalue weighted by Gasteiger charge is 2.18. The zero-order valence-corrected chi connectivity index (χ0v) is 13.4. The van der Waals surface area contributed by atoms with Crippen LogP contribution < -0.4 is 5.32 Å². The maximum absolute atomic E-state index is 4.25. The fourth-order valence-corrected chi connectivity index (χ4v) is 2.56. The summed E-state index contributed by atoms with van der Waals surface area (Å²) in [6, 6.07) is 6.56. The molecule has 114 valence electrons. The number of hydrogen-bond donors (Lipinski definition) is 1. The first-order chi connectivity index (χ1) is 10.2. The molecule has 5 heteroatoms. The molecule has 1 heterocycles. The van der Waals surface area contributed by atoms with Crippen molar-refractivity contribution < 1.29 is 0 Å². The van der Waals surface area contributed by atoms with Gasteiger partial charge in [-0.15, -0.1) is 5.10 Å². The second-order valence-corrected chi connectivity index (χ2v) is 5.26. The van der Waals surface area contributed by atoms with Crippen molar-refractivity contribution in [3.8, 4) is 5.69 Å². The van der Waals surface area contributed by atoms with Gasteiger partial charge in [-0.3, -0.25) is 0 Å². The van der Waals surface area contributed by atoms with Crippen LogP contribution in [0.4, 0.5) is 0 Å². The lowest BCUT2D eigenvalue weighted by molar-refractivity contribution is 0.530. The number of tetrazole rings is 1. The summed E-state index contributed by atoms with van der Waals surface area (Å²) in [5.41, 5.74) is 3.71. The molecule has 0 radical (unpaired) electrons. The van der Waals surface area contributed by atoms with E-state index in [9.17, 15) is 0 Å². The predicted octanol–water partition coefficient (Wildman–Crippen LogP) is 2.85. The van der Waals surface area contributed by atoms with Crippen molar-refractivity contribution in [3.05, 3.63) is 35.2 Å². The van der Waals surface area contributed by atoms with Crippen LogP contribution in [-0.2, 0) is 12.8 Å². The third-order valence-electron chi connectivity index (χ3n) is 3.76. The van der Waals surface area contributed by atoms with Gasteiger partial charge in [0.05, 0.1) is 11.7 Å². The van der Waals surface area contributed by atoms with Crippen molar-refractivity contribution in [2.24, 2.45) is 0 Å². The number of para-hydroxylation sites is 1. The number of nitrogens with zero attached hydrogens (tertiary/aromatic N) is 4. The van der Waals surface area contributed by atoms with Crippen LogP contribution in [0, 0.1) is 0 Å². The van der Waals surface area contributed by atoms with Crippen molar-refractivity contribution >= 4 is 0 Å². The minimum atomic E-state index is 0.134. The van der Waals surface area contributed by atoms with Crippen LogP contribution in [0.25, 0.3) is 5.69 Å². The van der Waals surface area contributed by atoms with E-state index in [0.29, 0.717) is 0 Å². The van der Waals surface area contributed by atoms with E-state index >= 15 is 0 Å². The second-order valence-electron chi connectivity index (χ2n) is 5.26. The number of rotatable bonds is 7. The molecule has 0 fully saturated rings. The van der Waals surface area contributed by atoms with E-state index in [1.54, 1.807) is 0 Å². The van der Waals surface area contributed by atoms with Crippen LogP contribution in [0.5, 0.6) is 0 Å². The molecule has 0 spiro atoms. The lowest BCUT2D eigenvalue weighted by atomic mass is 10.0. The molecule has 0 aliphatic heterocycles. The quantitative estimate of drug-likeness (QED) is 0.851. The van der Waals surface area contributed by atoms with E-state index in [1.807, 2.05) is 4.68 Å². The number of nitrogens with one attached hydrogen (secondary N) is 1. The topological polar surface area (TPSA) is 55.6 Å². The summed E-state index contributed by atoms with van der Waals surface area (Å²) in [5.74, 6) is 0.874. The van der Waals surface area contributed by atoms with Gasteiger partial charge in [-0.2, -0.15) is 4.68 Å². The molecule has 2 aromatic rings. The fourth-order valence-electron chi connectivity index (χ4n) is 2.56. The zero-order chi connectivity index (χ0) is 15.2. The molecule has 0 amide bonds. The molecule has 1 N–H and O–H groups in total. The molecule has 1 aromatic heterocycles. The SMILES string of the molecule is CCCNC(C)c1nnnn1-c1c(CC)cccc1CC. The Kier molecular flexibility index (Phi) is 5.44. The molecule has 21 heavy (non-hydrogen) atoms. The van der Waals surface area contributed by atoms with E-state index < -0.39 is 0 Å². The van der Waals surface area contributed by atoms with Gasteiger partial charge in [0, 0.05) is 0 Å². The third kappa shape index (κ3) is 3.29. The average Bonchev–Trinajstić information content (AvgIpc) is 3.00. The van der Waals surface area contributed by atoms with Crippen LogP contribution in [0.15, 0.2) is 18.2 Å². The van der Waals surface area contributed by atoms with E-state index in [1.165, 1.54) is 11.1 Å². The van der Waals surface area contributed by atoms with Gasteiger partial charge in [0.25, 0.3) is 0 Å². The first kappa shape index (κ1) is 15.6. The van der Waals surface area contributed by atoms with Crippen molar-refractivity contribution in [2.75, 3.05) is 6.54 Å². The maximum Gasteiger partial charge on any atom is 0.173 e. The maximum atomic E-state index is 4.25. The van der Waals surface area contributed by atoms with Gasteiger partial charge in [-0.25, -0.2) is 0 Å². The molecule has 0 bridgehead atoms. The summed E-state index contributed by atoms with van der Waals surface area (Å²) in [6.07, 6.45) is 3.04. The molecule has 1 atom stereocenters. The molecular weight excluding hydrogens is 262 g/mol. The van der Waals surface area contributed by atoms with Gasteiger partial charge >= 0.3 is 0 Å². The Morgan fingerprint density at radius 1 is 1.14 bits per heavy atom. The zero-order valence-electron chi connectivity index (χ0n) is 13.4. The molecule has 5 nitrogen and oxygen atoms in total. The average molecular weight is 287 g/mol. The van der Waals surface area contributed by atoms with Gasteiger partial charge in [0.2, 0.25) is 0 Å². The summed E-state index contributed by atoms with van der Waals surface area (Å²) in [7, 11) is 0. The lowest BCUT2D eigenvalue weighted by Crippen LogP contribution is -2.23. The van der Waals surface area contributed by atoms with Gasteiger partial charge < -0.3 is 5.32 Å². The van der Waals surface area contributed by atoms with Crippen LogP contribution in [0.1, 0.15) is 57.1 Å². The van der Waals surface area contributed by atoms with E-state index in [-0.39, 0.29) is 6.04 Å². The third-order valence-corrected chi connectivity index (χ3v) is 3.76. The Balaban J connectivity index is 2.46. The Hall–Kier alpha value is -1.75. The highest BCUT2D eigenvalue weighted by molar-refractivity contribution is 5.48. The highest BCUT2D eigenvalue weighted by atomic mass is 15.5. The van der Waals surface area contributed by atoms with Gasteiger partial charge in [-0.1, -0.05) is 39.0 Å². The normalized spacial score (nSPS) is 12.6. The molecule has 0 aliphatic rings.